The van der Waals surface area contributed by atoms with Crippen molar-refractivity contribution in [2.24, 2.45) is 0 Å². The molecule has 1 fully saturated rings. The van der Waals surface area contributed by atoms with E-state index in [0.717, 1.165) is 0 Å². The lowest BCUT2D eigenvalue weighted by Gasteiger charge is -2.30. The Morgan fingerprint density at radius 1 is 1.45 bits per heavy atom. The largest absolute Gasteiger partial charge is 1.00 e. The van der Waals surface area contributed by atoms with E-state index in [2.05, 4.69) is 5.32 Å². The zero-order valence-electron chi connectivity index (χ0n) is 12.2. The molecule has 1 aromatic heterocycles. The van der Waals surface area contributed by atoms with Crippen LogP contribution in [0.4, 0.5) is 0 Å². The quantitative estimate of drug-likeness (QED) is 0.335. The molecule has 8 heteroatoms. The molecule has 1 aromatic rings. The lowest BCUT2D eigenvalue weighted by atomic mass is 10.2. The first kappa shape index (κ1) is 18.5. The van der Waals surface area contributed by atoms with Gasteiger partial charge in [-0.05, 0) is 19.1 Å². The second-order valence-electron chi connectivity index (χ2n) is 4.64. The van der Waals surface area contributed by atoms with Crippen molar-refractivity contribution in [3.63, 3.8) is 0 Å². The zero-order chi connectivity index (χ0) is 15.2. The van der Waals surface area contributed by atoms with Gasteiger partial charge in [-0.3, -0.25) is 4.79 Å². The molecule has 0 saturated carbocycles. The van der Waals surface area contributed by atoms with E-state index in [1.54, 1.807) is 11.5 Å². The van der Waals surface area contributed by atoms with Crippen LogP contribution in [0.1, 0.15) is 19.4 Å². The van der Waals surface area contributed by atoms with Crippen molar-refractivity contribution in [2.45, 2.75) is 19.4 Å². The number of hydrogen-bond donors (Lipinski definition) is 1. The van der Waals surface area contributed by atoms with Gasteiger partial charge in [0.25, 0.3) is 6.04 Å². The van der Waals surface area contributed by atoms with E-state index >= 15 is 0 Å². The monoisotopic (exact) mass is 387 g/mol. The maximum Gasteiger partial charge on any atom is 0.377 e. The average Bonchev–Trinajstić information content (AvgIpc) is 2.47. The number of carbonyl (C=O) groups excluding carboxylic acids is 2. The zero-order valence-corrected chi connectivity index (χ0v) is 14.6. The SMILES string of the molecule is CCOC(=O)C(CN1CCC(=O)NC1=S)[n+]1ccccc1.[Br-]. The highest BCUT2D eigenvalue weighted by Crippen LogP contribution is 2.08. The van der Waals surface area contributed by atoms with Crippen molar-refractivity contribution >= 4 is 29.2 Å². The third-order valence-electron chi connectivity index (χ3n) is 3.19. The standard InChI is InChI=1S/C14H17N3O3S.BrH/c1-2-20-13(19)11(16-7-4-3-5-8-16)10-17-9-6-12(18)15-14(17)21;/h3-5,7-8,11H,2,6,9-10H2,1H3;1H. The van der Waals surface area contributed by atoms with Crippen LogP contribution in [-0.4, -0.2) is 41.6 Å². The van der Waals surface area contributed by atoms with Crippen molar-refractivity contribution in [3.8, 4) is 0 Å². The highest BCUT2D eigenvalue weighted by Gasteiger charge is 2.33. The number of aromatic nitrogens is 1. The number of halogens is 1. The van der Waals surface area contributed by atoms with Gasteiger partial charge in [0, 0.05) is 25.1 Å². The number of nitrogens with zero attached hydrogens (tertiary/aromatic N) is 2. The molecule has 1 aliphatic rings. The van der Waals surface area contributed by atoms with Gasteiger partial charge in [0.1, 0.15) is 0 Å². The number of thiocarbonyl (C=S) groups is 1. The maximum absolute atomic E-state index is 12.2. The lowest BCUT2D eigenvalue weighted by molar-refractivity contribution is -0.710. The molecule has 1 amide bonds. The van der Waals surface area contributed by atoms with Gasteiger partial charge in [-0.25, -0.2) is 4.79 Å². The van der Waals surface area contributed by atoms with Crippen molar-refractivity contribution in [2.75, 3.05) is 19.7 Å². The molecule has 0 bridgehead atoms. The number of carbonyl (C=O) groups is 2. The van der Waals surface area contributed by atoms with Gasteiger partial charge in [-0.1, -0.05) is 6.07 Å². The molecule has 1 N–H and O–H groups in total. The second kappa shape index (κ2) is 8.79. The molecular weight excluding hydrogens is 370 g/mol. The molecule has 0 radical (unpaired) electrons. The van der Waals surface area contributed by atoms with Gasteiger partial charge in [-0.2, -0.15) is 4.57 Å². The van der Waals surface area contributed by atoms with Gasteiger partial charge < -0.3 is 31.9 Å². The molecule has 1 saturated heterocycles. The summed E-state index contributed by atoms with van der Waals surface area (Å²) in [5, 5.41) is 2.97. The summed E-state index contributed by atoms with van der Waals surface area (Å²) in [6, 6.07) is 5.08. The van der Waals surface area contributed by atoms with Crippen LogP contribution in [0.2, 0.25) is 0 Å². The Morgan fingerprint density at radius 3 is 2.73 bits per heavy atom. The number of amides is 1. The molecule has 0 spiro atoms. The van der Waals surface area contributed by atoms with Crippen LogP contribution in [0.25, 0.3) is 0 Å². The fourth-order valence-corrected chi connectivity index (χ4v) is 2.41. The summed E-state index contributed by atoms with van der Waals surface area (Å²) < 4.78 is 6.93. The molecule has 1 unspecified atom stereocenters. The molecule has 1 aliphatic heterocycles. The summed E-state index contributed by atoms with van der Waals surface area (Å²) in [6.07, 6.45) is 4.00. The van der Waals surface area contributed by atoms with E-state index in [1.807, 2.05) is 35.5 Å². The van der Waals surface area contributed by atoms with Gasteiger partial charge in [0.05, 0.1) is 13.2 Å². The molecule has 1 atom stereocenters. The minimum absolute atomic E-state index is 0. The third-order valence-corrected chi connectivity index (χ3v) is 3.55. The van der Waals surface area contributed by atoms with E-state index < -0.39 is 6.04 Å². The first-order valence-corrected chi connectivity index (χ1v) is 7.23. The van der Waals surface area contributed by atoms with Crippen LogP contribution in [0, 0.1) is 0 Å². The molecule has 22 heavy (non-hydrogen) atoms. The van der Waals surface area contributed by atoms with Gasteiger partial charge in [0.2, 0.25) is 5.91 Å². The van der Waals surface area contributed by atoms with Gasteiger partial charge in [0.15, 0.2) is 17.5 Å². The number of esters is 1. The molecule has 120 valence electrons. The third kappa shape index (κ3) is 4.74. The first-order chi connectivity index (χ1) is 10.1. The first-order valence-electron chi connectivity index (χ1n) is 6.83. The van der Waals surface area contributed by atoms with Crippen LogP contribution in [0.15, 0.2) is 30.6 Å². The fourth-order valence-electron chi connectivity index (χ4n) is 2.13. The van der Waals surface area contributed by atoms with Crippen LogP contribution in [0.5, 0.6) is 0 Å². The number of rotatable bonds is 5. The number of nitrogens with one attached hydrogen (secondary N) is 1. The van der Waals surface area contributed by atoms with Crippen LogP contribution in [-0.2, 0) is 14.3 Å². The number of pyridine rings is 1. The molecular formula is C14H18BrN3O3S. The Kier molecular flexibility index (Phi) is 7.40. The van der Waals surface area contributed by atoms with Crippen molar-refractivity contribution in [3.05, 3.63) is 30.6 Å². The Morgan fingerprint density at radius 2 is 2.14 bits per heavy atom. The molecule has 2 rings (SSSR count). The summed E-state index contributed by atoms with van der Waals surface area (Å²) in [4.78, 5) is 25.3. The Hall–Kier alpha value is -1.54. The molecule has 6 nitrogen and oxygen atoms in total. The molecule has 0 aromatic carbocycles. The van der Waals surface area contributed by atoms with Gasteiger partial charge in [-0.15, -0.1) is 0 Å². The highest BCUT2D eigenvalue weighted by atomic mass is 79.9. The average molecular weight is 388 g/mol. The van der Waals surface area contributed by atoms with Crippen molar-refractivity contribution in [1.82, 2.24) is 10.2 Å². The number of ether oxygens (including phenoxy) is 1. The summed E-state index contributed by atoms with van der Waals surface area (Å²) in [7, 11) is 0. The van der Waals surface area contributed by atoms with E-state index in [0.29, 0.717) is 31.2 Å². The minimum atomic E-state index is -0.501. The minimum Gasteiger partial charge on any atom is -1.00 e. The number of hydrogen-bond acceptors (Lipinski definition) is 4. The summed E-state index contributed by atoms with van der Waals surface area (Å²) in [6.45, 7) is 2.97. The topological polar surface area (TPSA) is 62.5 Å². The van der Waals surface area contributed by atoms with E-state index in [4.69, 9.17) is 17.0 Å². The van der Waals surface area contributed by atoms with Crippen molar-refractivity contribution in [1.29, 1.82) is 0 Å². The second-order valence-corrected chi connectivity index (χ2v) is 5.03. The summed E-state index contributed by atoms with van der Waals surface area (Å²) in [5.74, 6) is -0.398. The fraction of sp³-hybridized carbons (Fsp3) is 0.429. The van der Waals surface area contributed by atoms with E-state index in [-0.39, 0.29) is 28.9 Å². The summed E-state index contributed by atoms with van der Waals surface area (Å²) >= 11 is 5.16. The highest BCUT2D eigenvalue weighted by molar-refractivity contribution is 7.80. The summed E-state index contributed by atoms with van der Waals surface area (Å²) in [5.41, 5.74) is 0. The maximum atomic E-state index is 12.2. The van der Waals surface area contributed by atoms with Crippen LogP contribution >= 0.6 is 12.2 Å². The van der Waals surface area contributed by atoms with E-state index in [1.165, 1.54) is 0 Å². The predicted octanol–water partition coefficient (Wildman–Crippen LogP) is -2.81. The normalized spacial score (nSPS) is 15.6. The molecule has 2 heterocycles. The van der Waals surface area contributed by atoms with Crippen molar-refractivity contribution < 1.29 is 35.9 Å². The lowest BCUT2D eigenvalue weighted by Crippen LogP contribution is -3.00. The predicted molar refractivity (Wildman–Crippen MR) is 79.2 cm³/mol. The van der Waals surface area contributed by atoms with Crippen LogP contribution in [0.3, 0.4) is 0 Å². The molecule has 0 aliphatic carbocycles. The van der Waals surface area contributed by atoms with Crippen LogP contribution < -0.4 is 26.9 Å². The van der Waals surface area contributed by atoms with Gasteiger partial charge >= 0.3 is 5.97 Å². The Bertz CT molecular complexity index is 541. The smallest absolute Gasteiger partial charge is 0.377 e. The van der Waals surface area contributed by atoms with E-state index in [9.17, 15) is 9.59 Å². The Balaban J connectivity index is 0.00000242. The Labute approximate surface area is 145 Å².